The molecule has 0 saturated carbocycles. The highest BCUT2D eigenvalue weighted by molar-refractivity contribution is 6.75. The molecular formula is C11H16O3Si. The first-order valence-electron chi connectivity index (χ1n) is 4.61. The van der Waals surface area contributed by atoms with Crippen LogP contribution in [0.5, 0.6) is 0 Å². The minimum atomic E-state index is -2.66. The van der Waals surface area contributed by atoms with E-state index in [4.69, 9.17) is 13.3 Å². The van der Waals surface area contributed by atoms with Crippen molar-refractivity contribution in [2.75, 3.05) is 21.3 Å². The van der Waals surface area contributed by atoms with Crippen molar-refractivity contribution in [3.05, 3.63) is 36.4 Å². The van der Waals surface area contributed by atoms with Gasteiger partial charge < -0.3 is 13.3 Å². The van der Waals surface area contributed by atoms with Crippen LogP contribution in [0, 0.1) is 0 Å². The Balaban J connectivity index is 3.06. The van der Waals surface area contributed by atoms with Gasteiger partial charge in [-0.25, -0.2) is 0 Å². The van der Waals surface area contributed by atoms with Crippen LogP contribution in [-0.2, 0) is 13.3 Å². The van der Waals surface area contributed by atoms with Crippen molar-refractivity contribution in [3.8, 4) is 0 Å². The molecule has 0 saturated heterocycles. The van der Waals surface area contributed by atoms with Gasteiger partial charge in [0.15, 0.2) is 0 Å². The predicted octanol–water partition coefficient (Wildman–Crippen LogP) is 1.41. The molecule has 15 heavy (non-hydrogen) atoms. The molecule has 0 atom stereocenters. The molecule has 1 rings (SSSR count). The van der Waals surface area contributed by atoms with Gasteiger partial charge in [-0.3, -0.25) is 0 Å². The highest BCUT2D eigenvalue weighted by Gasteiger charge is 2.40. The first-order chi connectivity index (χ1) is 7.22. The van der Waals surface area contributed by atoms with Gasteiger partial charge in [-0.05, 0) is 5.56 Å². The molecule has 0 aliphatic rings. The van der Waals surface area contributed by atoms with Crippen molar-refractivity contribution in [1.29, 1.82) is 0 Å². The molecule has 0 aliphatic heterocycles. The predicted molar refractivity (Wildman–Crippen MR) is 62.9 cm³/mol. The van der Waals surface area contributed by atoms with E-state index in [-0.39, 0.29) is 0 Å². The summed E-state index contributed by atoms with van der Waals surface area (Å²) in [7, 11) is 2.13. The zero-order chi connectivity index (χ0) is 11.3. The summed E-state index contributed by atoms with van der Waals surface area (Å²) in [6.45, 7) is 3.70. The fourth-order valence-electron chi connectivity index (χ4n) is 1.43. The highest BCUT2D eigenvalue weighted by atomic mass is 28.4. The Morgan fingerprint density at radius 1 is 1.00 bits per heavy atom. The van der Waals surface area contributed by atoms with Crippen molar-refractivity contribution in [2.45, 2.75) is 0 Å². The molecule has 0 radical (unpaired) electrons. The van der Waals surface area contributed by atoms with Gasteiger partial charge in [0.05, 0.1) is 0 Å². The second-order valence-electron chi connectivity index (χ2n) is 2.99. The van der Waals surface area contributed by atoms with E-state index in [1.165, 1.54) is 0 Å². The molecule has 4 heteroatoms. The average molecular weight is 224 g/mol. The molecule has 0 amide bonds. The Morgan fingerprint density at radius 3 is 1.80 bits per heavy atom. The lowest BCUT2D eigenvalue weighted by Gasteiger charge is -2.24. The maximum absolute atomic E-state index is 5.36. The monoisotopic (exact) mass is 224 g/mol. The lowest BCUT2D eigenvalue weighted by Crippen LogP contribution is -2.54. The third kappa shape index (κ3) is 2.35. The van der Waals surface area contributed by atoms with Crippen molar-refractivity contribution >= 4 is 20.1 Å². The van der Waals surface area contributed by atoms with Gasteiger partial charge in [0, 0.05) is 26.5 Å². The second-order valence-corrected chi connectivity index (χ2v) is 5.91. The largest absolute Gasteiger partial charge is 0.536 e. The highest BCUT2D eigenvalue weighted by Crippen LogP contribution is 2.08. The van der Waals surface area contributed by atoms with Crippen LogP contribution in [0.3, 0.4) is 0 Å². The summed E-state index contributed by atoms with van der Waals surface area (Å²) >= 11 is 0. The van der Waals surface area contributed by atoms with Crippen LogP contribution in [0.4, 0.5) is 0 Å². The van der Waals surface area contributed by atoms with E-state index in [1.807, 2.05) is 24.3 Å². The van der Waals surface area contributed by atoms with E-state index >= 15 is 0 Å². The Kier molecular flexibility index (Phi) is 4.23. The molecule has 0 bridgehead atoms. The summed E-state index contributed by atoms with van der Waals surface area (Å²) in [6.07, 6.45) is 1.79. The van der Waals surface area contributed by atoms with Crippen molar-refractivity contribution < 1.29 is 13.3 Å². The quantitative estimate of drug-likeness (QED) is 0.708. The van der Waals surface area contributed by atoms with Crippen LogP contribution in [0.1, 0.15) is 5.56 Å². The maximum atomic E-state index is 5.36. The van der Waals surface area contributed by atoms with Crippen LogP contribution in [0.2, 0.25) is 0 Å². The average Bonchev–Trinajstić information content (AvgIpc) is 2.33. The van der Waals surface area contributed by atoms with Gasteiger partial charge in [-0.15, -0.1) is 0 Å². The number of hydrogen-bond donors (Lipinski definition) is 0. The molecule has 0 unspecified atom stereocenters. The van der Waals surface area contributed by atoms with Crippen LogP contribution < -0.4 is 5.19 Å². The van der Waals surface area contributed by atoms with Gasteiger partial charge in [-0.1, -0.05) is 36.9 Å². The van der Waals surface area contributed by atoms with Gasteiger partial charge in [0.1, 0.15) is 0 Å². The van der Waals surface area contributed by atoms with E-state index in [0.29, 0.717) is 0 Å². The molecule has 0 N–H and O–H groups in total. The summed E-state index contributed by atoms with van der Waals surface area (Å²) in [5.41, 5.74) is 1.06. The summed E-state index contributed by atoms with van der Waals surface area (Å²) in [6, 6.07) is 7.81. The molecule has 3 nitrogen and oxygen atoms in total. The molecule has 1 aromatic carbocycles. The Morgan fingerprint density at radius 2 is 1.47 bits per heavy atom. The van der Waals surface area contributed by atoms with Crippen LogP contribution in [-0.4, -0.2) is 30.1 Å². The van der Waals surface area contributed by atoms with Crippen molar-refractivity contribution in [3.63, 3.8) is 0 Å². The third-order valence-electron chi connectivity index (χ3n) is 2.31. The number of benzene rings is 1. The molecule has 82 valence electrons. The molecule has 0 fully saturated rings. The van der Waals surface area contributed by atoms with E-state index in [0.717, 1.165) is 10.8 Å². The van der Waals surface area contributed by atoms with Gasteiger partial charge >= 0.3 is 8.80 Å². The Labute approximate surface area is 91.7 Å². The van der Waals surface area contributed by atoms with Crippen LogP contribution in [0.25, 0.3) is 6.08 Å². The number of rotatable bonds is 5. The lowest BCUT2D eigenvalue weighted by atomic mass is 10.2. The van der Waals surface area contributed by atoms with E-state index in [2.05, 4.69) is 6.58 Å². The zero-order valence-electron chi connectivity index (χ0n) is 9.32. The third-order valence-corrected chi connectivity index (χ3v) is 4.96. The molecular weight excluding hydrogens is 208 g/mol. The van der Waals surface area contributed by atoms with Gasteiger partial charge in [0.2, 0.25) is 0 Å². The van der Waals surface area contributed by atoms with Gasteiger partial charge in [0.25, 0.3) is 0 Å². The fourth-order valence-corrected chi connectivity index (χ4v) is 3.21. The van der Waals surface area contributed by atoms with Crippen molar-refractivity contribution in [2.24, 2.45) is 0 Å². The second kappa shape index (κ2) is 5.23. The Hall–Kier alpha value is -0.943. The minimum absolute atomic E-state index is 0.945. The maximum Gasteiger partial charge on any atom is 0.536 e. The van der Waals surface area contributed by atoms with Crippen molar-refractivity contribution in [1.82, 2.24) is 0 Å². The standard InChI is InChI=1S/C11H16O3Si/c1-5-10-6-8-11(9-7-10)15(12-2,13-3)14-4/h5-9H,1H2,2-4H3. The Bertz CT molecular complexity index is 309. The first-order valence-corrected chi connectivity index (χ1v) is 6.33. The summed E-state index contributed by atoms with van der Waals surface area (Å²) in [5, 5.41) is 0.945. The zero-order valence-corrected chi connectivity index (χ0v) is 10.3. The molecule has 0 aromatic heterocycles. The normalized spacial score (nSPS) is 11.4. The van der Waals surface area contributed by atoms with E-state index in [9.17, 15) is 0 Å². The SMILES string of the molecule is C=Cc1ccc([Si](OC)(OC)OC)cc1. The molecule has 1 aromatic rings. The van der Waals surface area contributed by atoms with Crippen LogP contribution in [0.15, 0.2) is 30.8 Å². The first kappa shape index (κ1) is 12.1. The smallest absolute Gasteiger partial charge is 0.373 e. The van der Waals surface area contributed by atoms with E-state index in [1.54, 1.807) is 27.4 Å². The lowest BCUT2D eigenvalue weighted by molar-refractivity contribution is 0.140. The number of hydrogen-bond acceptors (Lipinski definition) is 3. The fraction of sp³-hybridized carbons (Fsp3) is 0.273. The summed E-state index contributed by atoms with van der Waals surface area (Å²) < 4.78 is 16.1. The summed E-state index contributed by atoms with van der Waals surface area (Å²) in [4.78, 5) is 0. The van der Waals surface area contributed by atoms with E-state index < -0.39 is 8.80 Å². The summed E-state index contributed by atoms with van der Waals surface area (Å²) in [5.74, 6) is 0. The topological polar surface area (TPSA) is 27.7 Å². The molecule has 0 spiro atoms. The van der Waals surface area contributed by atoms with Gasteiger partial charge in [-0.2, -0.15) is 0 Å². The minimum Gasteiger partial charge on any atom is -0.373 e. The van der Waals surface area contributed by atoms with Crippen LogP contribution >= 0.6 is 0 Å². The molecule has 0 aliphatic carbocycles. The molecule has 0 heterocycles.